The van der Waals surface area contributed by atoms with Crippen molar-refractivity contribution in [3.05, 3.63) is 53.9 Å². The van der Waals surface area contributed by atoms with Crippen LogP contribution in [-0.4, -0.2) is 29.0 Å². The summed E-state index contributed by atoms with van der Waals surface area (Å²) < 4.78 is 0. The van der Waals surface area contributed by atoms with Crippen molar-refractivity contribution >= 4 is 17.5 Å². The van der Waals surface area contributed by atoms with Gasteiger partial charge < -0.3 is 15.7 Å². The van der Waals surface area contributed by atoms with Crippen molar-refractivity contribution in [1.82, 2.24) is 10.3 Å². The standard InChI is InChI=1S/C14H13N3O3/c1-15-14(20)11-4-2-3-5-12(11)17-13(19)9-6-10(18)8-16-7-9/h2-8,18H,1H3,(H,15,20)(H,17,19). The Morgan fingerprint density at radius 2 is 1.90 bits per heavy atom. The van der Waals surface area contributed by atoms with Crippen LogP contribution in [0.3, 0.4) is 0 Å². The number of hydrogen-bond acceptors (Lipinski definition) is 4. The van der Waals surface area contributed by atoms with E-state index in [1.165, 1.54) is 25.5 Å². The van der Waals surface area contributed by atoms with Gasteiger partial charge in [-0.1, -0.05) is 12.1 Å². The van der Waals surface area contributed by atoms with Crippen LogP contribution in [0.4, 0.5) is 5.69 Å². The van der Waals surface area contributed by atoms with Crippen molar-refractivity contribution in [1.29, 1.82) is 0 Å². The Bertz CT molecular complexity index is 656. The molecule has 0 radical (unpaired) electrons. The first kappa shape index (κ1) is 13.5. The highest BCUT2D eigenvalue weighted by Crippen LogP contribution is 2.17. The zero-order valence-electron chi connectivity index (χ0n) is 10.8. The molecule has 2 amide bonds. The number of anilines is 1. The van der Waals surface area contributed by atoms with Crippen LogP contribution >= 0.6 is 0 Å². The van der Waals surface area contributed by atoms with Gasteiger partial charge in [-0.25, -0.2) is 0 Å². The molecule has 1 aromatic heterocycles. The number of nitrogens with one attached hydrogen (secondary N) is 2. The molecule has 102 valence electrons. The number of nitrogens with zero attached hydrogens (tertiary/aromatic N) is 1. The second kappa shape index (κ2) is 5.83. The maximum absolute atomic E-state index is 12.0. The molecule has 0 aliphatic carbocycles. The molecule has 1 aromatic carbocycles. The van der Waals surface area contributed by atoms with Crippen molar-refractivity contribution in [2.45, 2.75) is 0 Å². The maximum Gasteiger partial charge on any atom is 0.257 e. The molecule has 0 unspecified atom stereocenters. The number of hydrogen-bond donors (Lipinski definition) is 3. The van der Waals surface area contributed by atoms with E-state index in [2.05, 4.69) is 15.6 Å². The van der Waals surface area contributed by atoms with Crippen LogP contribution in [0.1, 0.15) is 20.7 Å². The van der Waals surface area contributed by atoms with Crippen LogP contribution in [0.15, 0.2) is 42.7 Å². The Balaban J connectivity index is 2.26. The van der Waals surface area contributed by atoms with E-state index < -0.39 is 5.91 Å². The molecule has 3 N–H and O–H groups in total. The number of amides is 2. The SMILES string of the molecule is CNC(=O)c1ccccc1NC(=O)c1cncc(O)c1. The molecule has 0 saturated carbocycles. The van der Waals surface area contributed by atoms with Gasteiger partial charge in [0.25, 0.3) is 11.8 Å². The molecule has 0 aliphatic rings. The minimum absolute atomic E-state index is 0.0998. The van der Waals surface area contributed by atoms with Gasteiger partial charge in [-0.15, -0.1) is 0 Å². The minimum Gasteiger partial charge on any atom is -0.506 e. The van der Waals surface area contributed by atoms with Gasteiger partial charge in [0.2, 0.25) is 0 Å². The zero-order valence-corrected chi connectivity index (χ0v) is 10.8. The monoisotopic (exact) mass is 271 g/mol. The highest BCUT2D eigenvalue weighted by molar-refractivity contribution is 6.08. The Kier molecular flexibility index (Phi) is 3.95. The van der Waals surface area contributed by atoms with Crippen LogP contribution in [0, 0.1) is 0 Å². The van der Waals surface area contributed by atoms with Gasteiger partial charge in [-0.2, -0.15) is 0 Å². The normalized spacial score (nSPS) is 9.85. The summed E-state index contributed by atoms with van der Waals surface area (Å²) >= 11 is 0. The van der Waals surface area contributed by atoms with Gasteiger partial charge in [0, 0.05) is 13.2 Å². The molecular formula is C14H13N3O3. The van der Waals surface area contributed by atoms with Gasteiger partial charge in [0.05, 0.1) is 23.0 Å². The number of aromatic hydroxyl groups is 1. The summed E-state index contributed by atoms with van der Waals surface area (Å²) in [6, 6.07) is 7.94. The Hall–Kier alpha value is -2.89. The summed E-state index contributed by atoms with van der Waals surface area (Å²) in [6.07, 6.45) is 2.56. The first-order chi connectivity index (χ1) is 9.61. The minimum atomic E-state index is -0.454. The average Bonchev–Trinajstić information content (AvgIpc) is 2.47. The molecule has 0 spiro atoms. The summed E-state index contributed by atoms with van der Waals surface area (Å²) in [5, 5.41) is 14.4. The highest BCUT2D eigenvalue weighted by Gasteiger charge is 2.13. The van der Waals surface area contributed by atoms with Crippen LogP contribution in [0.2, 0.25) is 0 Å². The molecule has 6 nitrogen and oxygen atoms in total. The third-order valence-electron chi connectivity index (χ3n) is 2.63. The summed E-state index contributed by atoms with van der Waals surface area (Å²) in [6.45, 7) is 0. The maximum atomic E-state index is 12.0. The largest absolute Gasteiger partial charge is 0.506 e. The van der Waals surface area contributed by atoms with E-state index in [1.54, 1.807) is 24.3 Å². The summed E-state index contributed by atoms with van der Waals surface area (Å²) in [4.78, 5) is 27.5. The lowest BCUT2D eigenvalue weighted by Crippen LogP contribution is -2.21. The first-order valence-electron chi connectivity index (χ1n) is 5.88. The van der Waals surface area contributed by atoms with Crippen LogP contribution in [0.25, 0.3) is 0 Å². The fourth-order valence-corrected chi connectivity index (χ4v) is 1.67. The Morgan fingerprint density at radius 1 is 1.15 bits per heavy atom. The smallest absolute Gasteiger partial charge is 0.257 e. The van der Waals surface area contributed by atoms with E-state index in [4.69, 9.17) is 0 Å². The molecule has 0 bridgehead atoms. The summed E-state index contributed by atoms with van der Waals surface area (Å²) in [7, 11) is 1.51. The van der Waals surface area contributed by atoms with Crippen LogP contribution < -0.4 is 10.6 Å². The predicted molar refractivity (Wildman–Crippen MR) is 73.7 cm³/mol. The molecular weight excluding hydrogens is 258 g/mol. The number of rotatable bonds is 3. The average molecular weight is 271 g/mol. The van der Waals surface area contributed by atoms with Crippen molar-refractivity contribution in [3.63, 3.8) is 0 Å². The number of aromatic nitrogens is 1. The fourth-order valence-electron chi connectivity index (χ4n) is 1.67. The van der Waals surface area contributed by atoms with E-state index in [0.717, 1.165) is 0 Å². The van der Waals surface area contributed by atoms with E-state index in [1.807, 2.05) is 0 Å². The Labute approximate surface area is 115 Å². The van der Waals surface area contributed by atoms with Gasteiger partial charge in [0.15, 0.2) is 0 Å². The van der Waals surface area contributed by atoms with Gasteiger partial charge in [-0.3, -0.25) is 14.6 Å². The second-order valence-corrected chi connectivity index (χ2v) is 4.01. The topological polar surface area (TPSA) is 91.3 Å². The summed E-state index contributed by atoms with van der Waals surface area (Å²) in [5.74, 6) is -0.850. The third-order valence-corrected chi connectivity index (χ3v) is 2.63. The molecule has 2 rings (SSSR count). The molecule has 20 heavy (non-hydrogen) atoms. The predicted octanol–water partition coefficient (Wildman–Crippen LogP) is 1.40. The van der Waals surface area contributed by atoms with Gasteiger partial charge >= 0.3 is 0 Å². The lowest BCUT2D eigenvalue weighted by atomic mass is 10.1. The quantitative estimate of drug-likeness (QED) is 0.787. The van der Waals surface area contributed by atoms with Gasteiger partial charge in [-0.05, 0) is 18.2 Å². The highest BCUT2D eigenvalue weighted by atomic mass is 16.3. The van der Waals surface area contributed by atoms with Crippen LogP contribution in [0.5, 0.6) is 5.75 Å². The number of carbonyl (C=O) groups excluding carboxylic acids is 2. The fraction of sp³-hybridized carbons (Fsp3) is 0.0714. The lowest BCUT2D eigenvalue weighted by molar-refractivity contribution is 0.0964. The van der Waals surface area contributed by atoms with Crippen molar-refractivity contribution < 1.29 is 14.7 Å². The summed E-state index contributed by atoms with van der Waals surface area (Å²) in [5.41, 5.74) is 0.952. The van der Waals surface area contributed by atoms with Crippen molar-refractivity contribution in [2.24, 2.45) is 0 Å². The molecule has 0 saturated heterocycles. The Morgan fingerprint density at radius 3 is 2.60 bits per heavy atom. The molecule has 1 heterocycles. The van der Waals surface area contributed by atoms with E-state index in [0.29, 0.717) is 11.3 Å². The third kappa shape index (κ3) is 2.92. The molecule has 0 atom stereocenters. The van der Waals surface area contributed by atoms with E-state index in [-0.39, 0.29) is 17.2 Å². The number of benzene rings is 1. The molecule has 6 heteroatoms. The van der Waals surface area contributed by atoms with E-state index in [9.17, 15) is 14.7 Å². The molecule has 0 aliphatic heterocycles. The van der Waals surface area contributed by atoms with Crippen LogP contribution in [-0.2, 0) is 0 Å². The van der Waals surface area contributed by atoms with Crippen molar-refractivity contribution in [2.75, 3.05) is 12.4 Å². The number of carbonyl (C=O) groups is 2. The van der Waals surface area contributed by atoms with E-state index >= 15 is 0 Å². The lowest BCUT2D eigenvalue weighted by Gasteiger charge is -2.09. The number of pyridine rings is 1. The zero-order chi connectivity index (χ0) is 14.5. The molecule has 0 fully saturated rings. The van der Waals surface area contributed by atoms with Crippen molar-refractivity contribution in [3.8, 4) is 5.75 Å². The second-order valence-electron chi connectivity index (χ2n) is 4.01. The molecule has 2 aromatic rings. The first-order valence-corrected chi connectivity index (χ1v) is 5.88. The number of para-hydroxylation sites is 1. The van der Waals surface area contributed by atoms with Gasteiger partial charge in [0.1, 0.15) is 5.75 Å².